The Kier molecular flexibility index (Phi) is 7.22. The van der Waals surface area contributed by atoms with Crippen molar-refractivity contribution in [3.05, 3.63) is 35.4 Å². The van der Waals surface area contributed by atoms with Crippen molar-refractivity contribution in [2.75, 3.05) is 24.7 Å². The van der Waals surface area contributed by atoms with Gasteiger partial charge in [-0.2, -0.15) is 0 Å². The van der Waals surface area contributed by atoms with Gasteiger partial charge in [0.15, 0.2) is 0 Å². The number of hydrogen-bond acceptors (Lipinski definition) is 4. The van der Waals surface area contributed by atoms with Crippen LogP contribution in [0.2, 0.25) is 0 Å². The standard InChI is InChI=1S/C20H29N3O2S.ClH/c1-20(2,3)15-8-6-14(7-9-15)18(24)23-13-26-12-17(23)19(25)22-10-4-5-16(21)11-22;/h6-9,16-17H,4-5,10-13,21H2,1-3H3;1H. The number of rotatable bonds is 2. The zero-order valence-corrected chi connectivity index (χ0v) is 17.9. The van der Waals surface area contributed by atoms with Gasteiger partial charge in [-0.15, -0.1) is 24.2 Å². The zero-order chi connectivity index (χ0) is 18.9. The van der Waals surface area contributed by atoms with Gasteiger partial charge in [-0.25, -0.2) is 0 Å². The van der Waals surface area contributed by atoms with Crippen LogP contribution in [-0.4, -0.2) is 58.4 Å². The Bertz CT molecular complexity index is 675. The molecular formula is C20H30ClN3O2S. The first-order valence-electron chi connectivity index (χ1n) is 9.31. The molecule has 2 aliphatic rings. The van der Waals surface area contributed by atoms with Gasteiger partial charge < -0.3 is 15.5 Å². The van der Waals surface area contributed by atoms with E-state index in [-0.39, 0.29) is 41.7 Å². The normalized spacial score (nSPS) is 23.1. The van der Waals surface area contributed by atoms with Crippen LogP contribution >= 0.6 is 24.2 Å². The number of hydrogen-bond donors (Lipinski definition) is 1. The fourth-order valence-electron chi connectivity index (χ4n) is 3.55. The van der Waals surface area contributed by atoms with Crippen molar-refractivity contribution in [1.82, 2.24) is 9.80 Å². The number of carbonyl (C=O) groups is 2. The average Bonchev–Trinajstić information content (AvgIpc) is 3.09. The van der Waals surface area contributed by atoms with E-state index in [0.717, 1.165) is 19.4 Å². The van der Waals surface area contributed by atoms with Gasteiger partial charge in [-0.1, -0.05) is 32.9 Å². The molecule has 0 saturated carbocycles. The summed E-state index contributed by atoms with van der Waals surface area (Å²) in [7, 11) is 0. The summed E-state index contributed by atoms with van der Waals surface area (Å²) in [4.78, 5) is 29.5. The molecule has 7 heteroatoms. The van der Waals surface area contributed by atoms with Gasteiger partial charge in [-0.3, -0.25) is 9.59 Å². The summed E-state index contributed by atoms with van der Waals surface area (Å²) in [5.41, 5.74) is 7.91. The van der Waals surface area contributed by atoms with E-state index in [1.165, 1.54) is 5.56 Å². The van der Waals surface area contributed by atoms with E-state index in [9.17, 15) is 9.59 Å². The Hall–Kier alpha value is -1.24. The molecule has 0 aliphatic carbocycles. The Morgan fingerprint density at radius 1 is 1.19 bits per heavy atom. The number of nitrogens with zero attached hydrogens (tertiary/aromatic N) is 2. The number of halogens is 1. The fraction of sp³-hybridized carbons (Fsp3) is 0.600. The fourth-order valence-corrected chi connectivity index (χ4v) is 4.69. The van der Waals surface area contributed by atoms with Crippen LogP contribution in [0.5, 0.6) is 0 Å². The van der Waals surface area contributed by atoms with Gasteiger partial charge in [0.1, 0.15) is 6.04 Å². The number of piperidine rings is 1. The molecule has 27 heavy (non-hydrogen) atoms. The maximum absolute atomic E-state index is 13.0. The predicted molar refractivity (Wildman–Crippen MR) is 113 cm³/mol. The number of amides is 2. The summed E-state index contributed by atoms with van der Waals surface area (Å²) >= 11 is 1.64. The second-order valence-electron chi connectivity index (χ2n) is 8.30. The van der Waals surface area contributed by atoms with E-state index >= 15 is 0 Å². The van der Waals surface area contributed by atoms with Crippen LogP contribution in [0, 0.1) is 0 Å². The number of carbonyl (C=O) groups excluding carboxylic acids is 2. The Morgan fingerprint density at radius 3 is 2.44 bits per heavy atom. The zero-order valence-electron chi connectivity index (χ0n) is 16.3. The van der Waals surface area contributed by atoms with Crippen LogP contribution in [0.3, 0.4) is 0 Å². The minimum absolute atomic E-state index is 0. The highest BCUT2D eigenvalue weighted by molar-refractivity contribution is 7.99. The van der Waals surface area contributed by atoms with E-state index in [0.29, 0.717) is 23.7 Å². The smallest absolute Gasteiger partial charge is 0.255 e. The molecule has 0 spiro atoms. The molecule has 1 aromatic carbocycles. The number of thioether (sulfide) groups is 1. The van der Waals surface area contributed by atoms with E-state index in [4.69, 9.17) is 5.73 Å². The highest BCUT2D eigenvalue weighted by Crippen LogP contribution is 2.27. The monoisotopic (exact) mass is 411 g/mol. The minimum Gasteiger partial charge on any atom is -0.339 e. The quantitative estimate of drug-likeness (QED) is 0.812. The van der Waals surface area contributed by atoms with Crippen LogP contribution in [0.4, 0.5) is 0 Å². The lowest BCUT2D eigenvalue weighted by atomic mass is 9.86. The molecule has 0 radical (unpaired) electrons. The molecule has 2 atom stereocenters. The number of benzene rings is 1. The molecule has 1 aromatic rings. The molecule has 2 unspecified atom stereocenters. The van der Waals surface area contributed by atoms with Crippen LogP contribution in [0.1, 0.15) is 49.5 Å². The molecule has 0 aromatic heterocycles. The molecule has 3 rings (SSSR count). The number of likely N-dealkylation sites (tertiary alicyclic amines) is 1. The molecule has 0 bridgehead atoms. The lowest BCUT2D eigenvalue weighted by Crippen LogP contribution is -2.53. The highest BCUT2D eigenvalue weighted by atomic mass is 35.5. The summed E-state index contributed by atoms with van der Waals surface area (Å²) in [5.74, 6) is 1.21. The number of nitrogens with two attached hydrogens (primary N) is 1. The van der Waals surface area contributed by atoms with Crippen LogP contribution in [-0.2, 0) is 10.2 Å². The summed E-state index contributed by atoms with van der Waals surface area (Å²) in [5, 5.41) is 0. The molecule has 2 heterocycles. The van der Waals surface area contributed by atoms with Crippen molar-refractivity contribution in [1.29, 1.82) is 0 Å². The van der Waals surface area contributed by atoms with Crippen LogP contribution in [0.25, 0.3) is 0 Å². The molecule has 150 valence electrons. The largest absolute Gasteiger partial charge is 0.339 e. The second-order valence-corrected chi connectivity index (χ2v) is 9.30. The Balaban J connectivity index is 0.00000261. The van der Waals surface area contributed by atoms with Gasteiger partial charge >= 0.3 is 0 Å². The topological polar surface area (TPSA) is 66.6 Å². The van der Waals surface area contributed by atoms with Crippen molar-refractivity contribution in [3.8, 4) is 0 Å². The molecule has 2 fully saturated rings. The summed E-state index contributed by atoms with van der Waals surface area (Å²) < 4.78 is 0. The third kappa shape index (κ3) is 4.98. The van der Waals surface area contributed by atoms with Gasteiger partial charge in [0, 0.05) is 30.4 Å². The molecule has 5 nitrogen and oxygen atoms in total. The lowest BCUT2D eigenvalue weighted by Gasteiger charge is -2.34. The molecule has 2 N–H and O–H groups in total. The first-order chi connectivity index (χ1) is 12.3. The van der Waals surface area contributed by atoms with Crippen LogP contribution in [0.15, 0.2) is 24.3 Å². The van der Waals surface area contributed by atoms with Gasteiger partial charge in [0.2, 0.25) is 5.91 Å². The van der Waals surface area contributed by atoms with E-state index < -0.39 is 0 Å². The van der Waals surface area contributed by atoms with Gasteiger partial charge in [-0.05, 0) is 36.0 Å². The second kappa shape index (κ2) is 8.84. The summed E-state index contributed by atoms with van der Waals surface area (Å²) in [6.07, 6.45) is 1.90. The maximum atomic E-state index is 13.0. The summed E-state index contributed by atoms with van der Waals surface area (Å²) in [6, 6.07) is 7.46. The van der Waals surface area contributed by atoms with E-state index in [2.05, 4.69) is 20.8 Å². The Morgan fingerprint density at radius 2 is 1.85 bits per heavy atom. The lowest BCUT2D eigenvalue weighted by molar-refractivity contribution is -0.136. The third-order valence-corrected chi connectivity index (χ3v) is 6.21. The van der Waals surface area contributed by atoms with Crippen molar-refractivity contribution in [3.63, 3.8) is 0 Å². The molecule has 2 aliphatic heterocycles. The van der Waals surface area contributed by atoms with E-state index in [1.807, 2.05) is 29.2 Å². The van der Waals surface area contributed by atoms with Gasteiger partial charge in [0.05, 0.1) is 5.88 Å². The first kappa shape index (κ1) is 22.1. The van der Waals surface area contributed by atoms with Crippen molar-refractivity contribution in [2.24, 2.45) is 5.73 Å². The van der Waals surface area contributed by atoms with Gasteiger partial charge in [0.25, 0.3) is 5.91 Å². The van der Waals surface area contributed by atoms with Crippen molar-refractivity contribution in [2.45, 2.75) is 51.1 Å². The van der Waals surface area contributed by atoms with Crippen molar-refractivity contribution < 1.29 is 9.59 Å². The van der Waals surface area contributed by atoms with Crippen LogP contribution < -0.4 is 5.73 Å². The minimum atomic E-state index is -0.375. The summed E-state index contributed by atoms with van der Waals surface area (Å²) in [6.45, 7) is 7.80. The van der Waals surface area contributed by atoms with E-state index in [1.54, 1.807) is 16.7 Å². The third-order valence-electron chi connectivity index (χ3n) is 5.20. The Labute approximate surface area is 172 Å². The van der Waals surface area contributed by atoms with Crippen molar-refractivity contribution >= 4 is 36.0 Å². The predicted octanol–water partition coefficient (Wildman–Crippen LogP) is 2.87. The molecular weight excluding hydrogens is 382 g/mol. The average molecular weight is 412 g/mol. The maximum Gasteiger partial charge on any atom is 0.255 e. The molecule has 2 amide bonds. The molecule has 2 saturated heterocycles. The first-order valence-corrected chi connectivity index (χ1v) is 10.5. The SMILES string of the molecule is CC(C)(C)c1ccc(C(=O)N2CSCC2C(=O)N2CCCC(N)C2)cc1.Cl. The highest BCUT2D eigenvalue weighted by Gasteiger charge is 2.38.